The Morgan fingerprint density at radius 2 is 2.09 bits per heavy atom. The van der Waals surface area contributed by atoms with E-state index in [1.165, 1.54) is 6.20 Å². The van der Waals surface area contributed by atoms with E-state index in [0.717, 1.165) is 30.5 Å². The molecule has 1 aliphatic heterocycles. The van der Waals surface area contributed by atoms with Gasteiger partial charge in [-0.25, -0.2) is 8.42 Å². The van der Waals surface area contributed by atoms with Gasteiger partial charge in [0.2, 0.25) is 10.0 Å². The van der Waals surface area contributed by atoms with Crippen molar-refractivity contribution in [3.63, 3.8) is 0 Å². The van der Waals surface area contributed by atoms with Crippen molar-refractivity contribution < 1.29 is 8.42 Å². The van der Waals surface area contributed by atoms with Crippen LogP contribution in [0.2, 0.25) is 0 Å². The first kappa shape index (κ1) is 16.2. The topological polar surface area (TPSA) is 83.9 Å². The summed E-state index contributed by atoms with van der Waals surface area (Å²) in [6, 6.07) is -0.180. The predicted molar refractivity (Wildman–Crippen MR) is 86.4 cm³/mol. The summed E-state index contributed by atoms with van der Waals surface area (Å²) in [7, 11) is -3.57. The zero-order valence-corrected chi connectivity index (χ0v) is 14.6. The van der Waals surface area contributed by atoms with Gasteiger partial charge in [-0.3, -0.25) is 9.78 Å². The first-order valence-corrected chi connectivity index (χ1v) is 9.45. The molecule has 0 amide bonds. The maximum absolute atomic E-state index is 13.2. The van der Waals surface area contributed by atoms with E-state index >= 15 is 0 Å². The smallest absolute Gasteiger partial charge is 0.247 e. The second kappa shape index (κ2) is 6.09. The third-order valence-electron chi connectivity index (χ3n) is 4.60. The third kappa shape index (κ3) is 2.70. The highest BCUT2D eigenvalue weighted by Crippen LogP contribution is 2.36. The fraction of sp³-hybridized carbons (Fsp3) is 0.600. The van der Waals surface area contributed by atoms with E-state index in [4.69, 9.17) is 0 Å². The summed E-state index contributed by atoms with van der Waals surface area (Å²) in [5.41, 5.74) is 2.59. The number of aromatic amines is 1. The normalized spacial score (nSPS) is 20.0. The molecule has 7 nitrogen and oxygen atoms in total. The van der Waals surface area contributed by atoms with Crippen molar-refractivity contribution in [2.24, 2.45) is 0 Å². The molecule has 0 aliphatic carbocycles. The molecule has 1 atom stereocenters. The average molecular weight is 337 g/mol. The Labute approximate surface area is 136 Å². The lowest BCUT2D eigenvalue weighted by molar-refractivity contribution is 0.250. The predicted octanol–water partition coefficient (Wildman–Crippen LogP) is 2.16. The van der Waals surface area contributed by atoms with Gasteiger partial charge in [0, 0.05) is 13.1 Å². The Balaban J connectivity index is 2.02. The van der Waals surface area contributed by atoms with Gasteiger partial charge in [0.15, 0.2) is 0 Å². The summed E-state index contributed by atoms with van der Waals surface area (Å²) in [6.45, 7) is 6.91. The number of hydrogen-bond acceptors (Lipinski definition) is 4. The lowest BCUT2D eigenvalue weighted by Gasteiger charge is -2.34. The van der Waals surface area contributed by atoms with Crippen molar-refractivity contribution >= 4 is 10.0 Å². The highest BCUT2D eigenvalue weighted by atomic mass is 32.2. The Kier molecular flexibility index (Phi) is 4.29. The molecule has 1 unspecified atom stereocenters. The minimum absolute atomic E-state index is 0.180. The van der Waals surface area contributed by atoms with Crippen LogP contribution in [0.15, 0.2) is 17.3 Å². The molecule has 0 radical (unpaired) electrons. The molecule has 23 heavy (non-hydrogen) atoms. The van der Waals surface area contributed by atoms with Gasteiger partial charge < -0.3 is 0 Å². The van der Waals surface area contributed by atoms with Crippen molar-refractivity contribution in [2.45, 2.75) is 57.5 Å². The maximum atomic E-state index is 13.2. The van der Waals surface area contributed by atoms with Crippen molar-refractivity contribution in [2.75, 3.05) is 6.54 Å². The van der Waals surface area contributed by atoms with E-state index in [9.17, 15) is 8.42 Å². The van der Waals surface area contributed by atoms with Crippen molar-refractivity contribution in [3.8, 4) is 0 Å². The van der Waals surface area contributed by atoms with Crippen LogP contribution in [0, 0.1) is 13.8 Å². The lowest BCUT2D eigenvalue weighted by atomic mass is 10.00. The molecule has 3 heterocycles. The molecular formula is C15H23N5O2S. The molecule has 1 N–H and O–H groups in total. The molecule has 0 saturated carbocycles. The monoisotopic (exact) mass is 337 g/mol. The number of nitrogens with one attached hydrogen (secondary N) is 1. The van der Waals surface area contributed by atoms with Crippen LogP contribution in [0.3, 0.4) is 0 Å². The van der Waals surface area contributed by atoms with Crippen LogP contribution >= 0.6 is 0 Å². The molecule has 126 valence electrons. The van der Waals surface area contributed by atoms with Gasteiger partial charge in [0.05, 0.1) is 29.8 Å². The molecule has 0 spiro atoms. The SMILES string of the molecule is CCn1ncc(S(=O)(=O)N2CCCCC2c2[nH]ncc2C)c1C. The molecule has 8 heteroatoms. The van der Waals surface area contributed by atoms with Gasteiger partial charge in [-0.15, -0.1) is 0 Å². The Morgan fingerprint density at radius 1 is 1.30 bits per heavy atom. The van der Waals surface area contributed by atoms with Crippen molar-refractivity contribution in [3.05, 3.63) is 29.3 Å². The number of rotatable bonds is 4. The van der Waals surface area contributed by atoms with Crippen molar-refractivity contribution in [1.82, 2.24) is 24.3 Å². The fourth-order valence-corrected chi connectivity index (χ4v) is 5.13. The summed E-state index contributed by atoms with van der Waals surface area (Å²) < 4.78 is 29.7. The molecule has 1 aliphatic rings. The van der Waals surface area contributed by atoms with Gasteiger partial charge in [-0.05, 0) is 39.2 Å². The molecule has 1 fully saturated rings. The average Bonchev–Trinajstić information content (AvgIpc) is 3.13. The first-order chi connectivity index (χ1) is 11.0. The van der Waals surface area contributed by atoms with Crippen molar-refractivity contribution in [1.29, 1.82) is 0 Å². The largest absolute Gasteiger partial charge is 0.281 e. The number of nitrogens with zero attached hydrogens (tertiary/aromatic N) is 4. The summed E-state index contributed by atoms with van der Waals surface area (Å²) in [5, 5.41) is 11.2. The van der Waals surface area contributed by atoms with E-state index in [1.807, 2.05) is 20.8 Å². The summed E-state index contributed by atoms with van der Waals surface area (Å²) in [6.07, 6.45) is 5.92. The molecular weight excluding hydrogens is 314 g/mol. The second-order valence-electron chi connectivity index (χ2n) is 6.00. The molecule has 0 bridgehead atoms. The lowest BCUT2D eigenvalue weighted by Crippen LogP contribution is -2.39. The highest BCUT2D eigenvalue weighted by Gasteiger charge is 2.37. The maximum Gasteiger partial charge on any atom is 0.247 e. The van der Waals surface area contributed by atoms with Crippen LogP contribution in [-0.2, 0) is 16.6 Å². The number of piperidine rings is 1. The zero-order chi connectivity index (χ0) is 16.6. The van der Waals surface area contributed by atoms with Crippen LogP contribution in [-0.4, -0.2) is 39.2 Å². The number of sulfonamides is 1. The molecule has 0 aromatic carbocycles. The van der Waals surface area contributed by atoms with E-state index in [2.05, 4.69) is 15.3 Å². The Morgan fingerprint density at radius 3 is 2.70 bits per heavy atom. The number of aromatic nitrogens is 4. The summed E-state index contributed by atoms with van der Waals surface area (Å²) in [4.78, 5) is 0.309. The standard InChI is InChI=1S/C15H23N5O2S/c1-4-19-12(3)14(10-17-19)23(21,22)20-8-6-5-7-13(20)15-11(2)9-16-18-15/h9-10,13H,4-8H2,1-3H3,(H,16,18). The van der Waals surface area contributed by atoms with Crippen LogP contribution in [0.4, 0.5) is 0 Å². The molecule has 3 rings (SSSR count). The van der Waals surface area contributed by atoms with Gasteiger partial charge in [-0.1, -0.05) is 6.42 Å². The fourth-order valence-electron chi connectivity index (χ4n) is 3.30. The third-order valence-corrected chi connectivity index (χ3v) is 6.61. The minimum atomic E-state index is -3.57. The quantitative estimate of drug-likeness (QED) is 0.926. The van der Waals surface area contributed by atoms with Crippen LogP contribution in [0.1, 0.15) is 49.2 Å². The van der Waals surface area contributed by atoms with Gasteiger partial charge in [-0.2, -0.15) is 14.5 Å². The second-order valence-corrected chi connectivity index (χ2v) is 7.86. The van der Waals surface area contributed by atoms with E-state index in [0.29, 0.717) is 23.7 Å². The summed E-state index contributed by atoms with van der Waals surface area (Å²) >= 11 is 0. The van der Waals surface area contributed by atoms with Gasteiger partial charge >= 0.3 is 0 Å². The number of H-pyrrole nitrogens is 1. The van der Waals surface area contributed by atoms with Crippen LogP contribution in [0.25, 0.3) is 0 Å². The van der Waals surface area contributed by atoms with E-state index in [1.54, 1.807) is 15.2 Å². The van der Waals surface area contributed by atoms with Crippen LogP contribution in [0.5, 0.6) is 0 Å². The van der Waals surface area contributed by atoms with E-state index < -0.39 is 10.0 Å². The van der Waals surface area contributed by atoms with Crippen LogP contribution < -0.4 is 0 Å². The zero-order valence-electron chi connectivity index (χ0n) is 13.8. The Hall–Kier alpha value is -1.67. The molecule has 2 aromatic rings. The molecule has 1 saturated heterocycles. The number of aryl methyl sites for hydroxylation is 2. The molecule has 2 aromatic heterocycles. The summed E-state index contributed by atoms with van der Waals surface area (Å²) in [5.74, 6) is 0. The van der Waals surface area contributed by atoms with Gasteiger partial charge in [0.1, 0.15) is 4.90 Å². The minimum Gasteiger partial charge on any atom is -0.281 e. The Bertz CT molecular complexity index is 793. The highest BCUT2D eigenvalue weighted by molar-refractivity contribution is 7.89. The van der Waals surface area contributed by atoms with E-state index in [-0.39, 0.29) is 6.04 Å². The first-order valence-electron chi connectivity index (χ1n) is 8.01. The van der Waals surface area contributed by atoms with Gasteiger partial charge in [0.25, 0.3) is 0 Å². The number of hydrogen-bond donors (Lipinski definition) is 1.